The lowest BCUT2D eigenvalue weighted by atomic mass is 10.0. The van der Waals surface area contributed by atoms with Crippen LogP contribution < -0.4 is 10.6 Å². The SMILES string of the molecule is C1=c2c(n(-c3ccccc3)c3ccc(-n4c5ccccc5c5cc(-c6ccc7c(c6)c6ccccc6n7-c6ccccc6)ccc54)cc23)=CCC1. The molecule has 10 aromatic rings. The van der Waals surface area contributed by atoms with Gasteiger partial charge in [-0.3, -0.25) is 0 Å². The lowest BCUT2D eigenvalue weighted by Crippen LogP contribution is -2.30. The molecule has 51 heavy (non-hydrogen) atoms. The topological polar surface area (TPSA) is 14.8 Å². The van der Waals surface area contributed by atoms with Gasteiger partial charge in [0.2, 0.25) is 0 Å². The summed E-state index contributed by atoms with van der Waals surface area (Å²) in [6.07, 6.45) is 6.97. The highest BCUT2D eigenvalue weighted by Gasteiger charge is 2.18. The van der Waals surface area contributed by atoms with E-state index in [0.717, 1.165) is 12.8 Å². The fraction of sp³-hybridized carbons (Fsp3) is 0.0417. The molecule has 0 unspecified atom stereocenters. The molecule has 0 fully saturated rings. The summed E-state index contributed by atoms with van der Waals surface area (Å²) in [7, 11) is 0. The number of hydrogen-bond donors (Lipinski definition) is 0. The average Bonchev–Trinajstić information content (AvgIpc) is 3.83. The molecule has 0 spiro atoms. The van der Waals surface area contributed by atoms with E-state index in [1.54, 1.807) is 0 Å². The maximum Gasteiger partial charge on any atom is 0.0542 e. The normalized spacial score (nSPS) is 12.9. The number of benzene rings is 7. The molecule has 0 radical (unpaired) electrons. The Morgan fingerprint density at radius 2 is 0.784 bits per heavy atom. The molecule has 0 N–H and O–H groups in total. The molecular formula is C48H33N3. The molecule has 7 aromatic carbocycles. The first-order valence-corrected chi connectivity index (χ1v) is 17.8. The van der Waals surface area contributed by atoms with Gasteiger partial charge in [0.1, 0.15) is 0 Å². The lowest BCUT2D eigenvalue weighted by Gasteiger charge is -2.11. The smallest absolute Gasteiger partial charge is 0.0542 e. The van der Waals surface area contributed by atoms with Crippen molar-refractivity contribution in [2.24, 2.45) is 0 Å². The molecule has 0 atom stereocenters. The standard InChI is InChI=1S/C48H33N3/c1-3-13-34(14-4-1)49-43-20-10-7-17-37(43)40-29-32(23-26-46(40)49)33-24-27-47-41(30-33)38-18-8-12-22-45(38)51(47)36-25-28-48-42(31-36)39-19-9-11-21-44(39)50(48)35-15-5-2-6-16-35/h1-8,10,12-31H,9,11H2. The summed E-state index contributed by atoms with van der Waals surface area (Å²) in [6.45, 7) is 0. The Labute approximate surface area is 294 Å². The van der Waals surface area contributed by atoms with Gasteiger partial charge < -0.3 is 13.7 Å². The summed E-state index contributed by atoms with van der Waals surface area (Å²) >= 11 is 0. The van der Waals surface area contributed by atoms with Gasteiger partial charge in [-0.15, -0.1) is 0 Å². The highest BCUT2D eigenvalue weighted by atomic mass is 15.0. The first-order valence-electron chi connectivity index (χ1n) is 17.8. The van der Waals surface area contributed by atoms with E-state index in [2.05, 4.69) is 190 Å². The molecule has 0 saturated carbocycles. The summed E-state index contributed by atoms with van der Waals surface area (Å²) in [5.74, 6) is 0. The molecule has 3 nitrogen and oxygen atoms in total. The zero-order valence-electron chi connectivity index (χ0n) is 28.0. The van der Waals surface area contributed by atoms with Crippen LogP contribution in [0.1, 0.15) is 12.8 Å². The highest BCUT2D eigenvalue weighted by molar-refractivity contribution is 6.12. The Balaban J connectivity index is 1.10. The zero-order chi connectivity index (χ0) is 33.5. The van der Waals surface area contributed by atoms with E-state index in [0.29, 0.717) is 0 Å². The quantitative estimate of drug-likeness (QED) is 0.180. The van der Waals surface area contributed by atoms with Gasteiger partial charge in [0.05, 0.1) is 27.6 Å². The maximum atomic E-state index is 2.45. The van der Waals surface area contributed by atoms with Crippen LogP contribution in [0.25, 0.3) is 94.9 Å². The van der Waals surface area contributed by atoms with Gasteiger partial charge in [-0.2, -0.15) is 0 Å². The molecular weight excluding hydrogens is 619 g/mol. The van der Waals surface area contributed by atoms with E-state index < -0.39 is 0 Å². The first-order chi connectivity index (χ1) is 25.3. The molecule has 240 valence electrons. The van der Waals surface area contributed by atoms with Crippen molar-refractivity contribution in [3.63, 3.8) is 0 Å². The van der Waals surface area contributed by atoms with Crippen LogP contribution in [-0.2, 0) is 0 Å². The van der Waals surface area contributed by atoms with Crippen LogP contribution in [0.3, 0.4) is 0 Å². The van der Waals surface area contributed by atoms with Crippen molar-refractivity contribution in [2.45, 2.75) is 12.8 Å². The minimum atomic E-state index is 1.07. The van der Waals surface area contributed by atoms with Crippen LogP contribution >= 0.6 is 0 Å². The predicted octanol–water partition coefficient (Wildman–Crippen LogP) is 10.8. The van der Waals surface area contributed by atoms with Gasteiger partial charge >= 0.3 is 0 Å². The molecule has 0 amide bonds. The number of fused-ring (bicyclic) bond motifs is 9. The molecule has 3 heteroatoms. The zero-order valence-corrected chi connectivity index (χ0v) is 28.0. The lowest BCUT2D eigenvalue weighted by molar-refractivity contribution is 1.02. The second-order valence-electron chi connectivity index (χ2n) is 13.7. The number of aromatic nitrogens is 3. The van der Waals surface area contributed by atoms with Crippen molar-refractivity contribution >= 4 is 66.7 Å². The van der Waals surface area contributed by atoms with Crippen molar-refractivity contribution in [1.82, 2.24) is 13.7 Å². The predicted molar refractivity (Wildman–Crippen MR) is 215 cm³/mol. The van der Waals surface area contributed by atoms with Crippen molar-refractivity contribution in [2.75, 3.05) is 0 Å². The molecule has 3 heterocycles. The number of rotatable bonds is 4. The Kier molecular flexibility index (Phi) is 6.08. The van der Waals surface area contributed by atoms with Crippen molar-refractivity contribution in [3.05, 3.63) is 174 Å². The van der Waals surface area contributed by atoms with Crippen molar-refractivity contribution in [1.29, 1.82) is 0 Å². The van der Waals surface area contributed by atoms with Crippen LogP contribution in [0.4, 0.5) is 0 Å². The molecule has 3 aromatic heterocycles. The molecule has 0 bridgehead atoms. The molecule has 0 aliphatic heterocycles. The van der Waals surface area contributed by atoms with Gasteiger partial charge in [0, 0.05) is 54.6 Å². The summed E-state index contributed by atoms with van der Waals surface area (Å²) < 4.78 is 7.25. The average molecular weight is 652 g/mol. The van der Waals surface area contributed by atoms with E-state index in [1.165, 1.54) is 93.3 Å². The Bertz CT molecular complexity index is 3120. The van der Waals surface area contributed by atoms with Crippen LogP contribution in [0.5, 0.6) is 0 Å². The summed E-state index contributed by atoms with van der Waals surface area (Å²) in [4.78, 5) is 0. The van der Waals surface area contributed by atoms with Gasteiger partial charge in [0.25, 0.3) is 0 Å². The third-order valence-corrected chi connectivity index (χ3v) is 10.8. The largest absolute Gasteiger partial charge is 0.310 e. The van der Waals surface area contributed by atoms with Gasteiger partial charge in [-0.1, -0.05) is 97.1 Å². The third-order valence-electron chi connectivity index (χ3n) is 10.8. The second kappa shape index (κ2) is 11.0. The van der Waals surface area contributed by atoms with Crippen LogP contribution in [0, 0.1) is 0 Å². The Morgan fingerprint density at radius 1 is 0.314 bits per heavy atom. The van der Waals surface area contributed by atoms with Crippen LogP contribution in [0.2, 0.25) is 0 Å². The fourth-order valence-electron chi connectivity index (χ4n) is 8.62. The Morgan fingerprint density at radius 3 is 1.41 bits per heavy atom. The fourth-order valence-corrected chi connectivity index (χ4v) is 8.62. The monoisotopic (exact) mass is 651 g/mol. The molecule has 1 aliphatic rings. The van der Waals surface area contributed by atoms with Crippen LogP contribution in [0.15, 0.2) is 164 Å². The van der Waals surface area contributed by atoms with Crippen LogP contribution in [-0.4, -0.2) is 13.7 Å². The molecule has 1 aliphatic carbocycles. The van der Waals surface area contributed by atoms with Gasteiger partial charge in [-0.05, 0) is 103 Å². The molecule has 11 rings (SSSR count). The highest BCUT2D eigenvalue weighted by Crippen LogP contribution is 2.38. The second-order valence-corrected chi connectivity index (χ2v) is 13.7. The maximum absolute atomic E-state index is 2.45. The third kappa shape index (κ3) is 4.18. The number of para-hydroxylation sites is 4. The van der Waals surface area contributed by atoms with E-state index in [1.807, 2.05) is 0 Å². The minimum Gasteiger partial charge on any atom is -0.310 e. The van der Waals surface area contributed by atoms with Gasteiger partial charge in [-0.25, -0.2) is 0 Å². The van der Waals surface area contributed by atoms with Crippen molar-refractivity contribution in [3.8, 4) is 28.2 Å². The molecule has 0 saturated heterocycles. The minimum absolute atomic E-state index is 1.07. The number of nitrogens with zero attached hydrogens (tertiary/aromatic N) is 3. The van der Waals surface area contributed by atoms with E-state index in [-0.39, 0.29) is 0 Å². The first kappa shape index (κ1) is 28.3. The summed E-state index contributed by atoms with van der Waals surface area (Å²) in [5.41, 5.74) is 12.1. The van der Waals surface area contributed by atoms with Crippen molar-refractivity contribution < 1.29 is 0 Å². The summed E-state index contributed by atoms with van der Waals surface area (Å²) in [5, 5.41) is 9.00. The Hall–Kier alpha value is -6.58. The van der Waals surface area contributed by atoms with E-state index >= 15 is 0 Å². The number of hydrogen-bond acceptors (Lipinski definition) is 0. The van der Waals surface area contributed by atoms with E-state index in [4.69, 9.17) is 0 Å². The van der Waals surface area contributed by atoms with Gasteiger partial charge in [0.15, 0.2) is 0 Å². The summed E-state index contributed by atoms with van der Waals surface area (Å²) in [6, 6.07) is 60.0. The van der Waals surface area contributed by atoms with E-state index in [9.17, 15) is 0 Å².